The third-order valence-corrected chi connectivity index (χ3v) is 4.82. The number of anilines is 1. The van der Waals surface area contributed by atoms with Gasteiger partial charge in [-0.25, -0.2) is 4.68 Å². The van der Waals surface area contributed by atoms with Crippen LogP contribution in [0.1, 0.15) is 26.1 Å². The largest absolute Gasteiger partial charge is 1.00 e. The van der Waals surface area contributed by atoms with E-state index in [2.05, 4.69) is 15.1 Å². The van der Waals surface area contributed by atoms with Gasteiger partial charge in [0, 0.05) is 0 Å². The molecule has 0 spiro atoms. The summed E-state index contributed by atoms with van der Waals surface area (Å²) in [6.45, 7) is -0.405. The molecule has 0 fully saturated rings. The van der Waals surface area contributed by atoms with Crippen LogP contribution in [0.4, 0.5) is 5.69 Å². The van der Waals surface area contributed by atoms with Crippen molar-refractivity contribution in [3.63, 3.8) is 0 Å². The van der Waals surface area contributed by atoms with E-state index in [0.717, 1.165) is 5.01 Å². The molecule has 182 valence electrons. The second-order valence-electron chi connectivity index (χ2n) is 6.87. The summed E-state index contributed by atoms with van der Waals surface area (Å²) < 4.78 is 1.24. The fourth-order valence-electron chi connectivity index (χ4n) is 3.30. The Bertz CT molecular complexity index is 1350. The second-order valence-corrected chi connectivity index (χ2v) is 6.87. The van der Waals surface area contributed by atoms with E-state index in [1.807, 2.05) is 0 Å². The number of nitrogens with one attached hydrogen (secondary N) is 1. The molecule has 10 nitrogen and oxygen atoms in total. The Balaban J connectivity index is 0.00000324. The number of carboxylic acid groups (broad SMARTS) is 1. The van der Waals surface area contributed by atoms with Crippen molar-refractivity contribution in [2.45, 2.75) is 21.5 Å². The first-order valence-corrected chi connectivity index (χ1v) is 9.73. The van der Waals surface area contributed by atoms with Gasteiger partial charge in [0.05, 0.1) is 40.8 Å². The van der Waals surface area contributed by atoms with Crippen molar-refractivity contribution in [2.24, 2.45) is 5.10 Å². The van der Waals surface area contributed by atoms with Crippen molar-refractivity contribution in [1.29, 1.82) is 0 Å². The van der Waals surface area contributed by atoms with Gasteiger partial charge >= 0.3 is 59.1 Å². The molecule has 0 bridgehead atoms. The normalized spacial score (nSPS) is 13.3. The van der Waals surface area contributed by atoms with Gasteiger partial charge in [0.2, 0.25) is 0 Å². The van der Waals surface area contributed by atoms with Gasteiger partial charge in [0.15, 0.2) is 0 Å². The van der Waals surface area contributed by atoms with Gasteiger partial charge in [0.1, 0.15) is 5.71 Å². The minimum absolute atomic E-state index is 0. The number of H-pyrrole nitrogens is 1. The first-order chi connectivity index (χ1) is 16.0. The molecule has 1 amide bonds. The fourth-order valence-corrected chi connectivity index (χ4v) is 3.30. The van der Waals surface area contributed by atoms with Gasteiger partial charge in [-0.15, -0.1) is 0 Å². The zero-order valence-corrected chi connectivity index (χ0v) is 23.0. The van der Waals surface area contributed by atoms with Gasteiger partial charge in [0.25, 0.3) is 11.5 Å². The summed E-state index contributed by atoms with van der Waals surface area (Å²) in [5.41, 5.74) is 0.0570. The summed E-state index contributed by atoms with van der Waals surface area (Å²) in [6, 6.07) is 17.0. The van der Waals surface area contributed by atoms with Crippen molar-refractivity contribution >= 4 is 29.4 Å². The van der Waals surface area contributed by atoms with E-state index in [1.165, 1.54) is 22.9 Å². The Kier molecular flexibility index (Phi) is 14.6. The summed E-state index contributed by atoms with van der Waals surface area (Å²) in [5, 5.41) is 29.9. The van der Waals surface area contributed by atoms with Crippen molar-refractivity contribution in [3.8, 4) is 5.69 Å². The smallest absolute Gasteiger partial charge is 0.723 e. The number of rotatable bonds is 7. The van der Waals surface area contributed by atoms with Crippen molar-refractivity contribution in [1.82, 2.24) is 9.78 Å². The number of hydrogen-bond donors (Lipinski definition) is 1. The van der Waals surface area contributed by atoms with E-state index in [0.29, 0.717) is 11.4 Å². The maximum absolute atomic E-state index is 12.9. The van der Waals surface area contributed by atoms with Crippen LogP contribution < -0.4 is 80.0 Å². The van der Waals surface area contributed by atoms with Crippen LogP contribution in [0.5, 0.6) is 0 Å². The number of hydrazone groups is 1. The third kappa shape index (κ3) is 7.50. The van der Waals surface area contributed by atoms with Crippen molar-refractivity contribution in [2.75, 3.05) is 5.01 Å². The maximum atomic E-state index is 12.9. The number of para-hydroxylation sites is 2. The minimum Gasteiger partial charge on any atom is -0.723 e. The molecule has 0 atom stereocenters. The molecule has 0 radical (unpaired) electrons. The van der Waals surface area contributed by atoms with Gasteiger partial charge in [-0.1, -0.05) is 57.3 Å². The van der Waals surface area contributed by atoms with E-state index in [9.17, 15) is 24.7 Å². The summed E-state index contributed by atoms with van der Waals surface area (Å²) >= 11 is 0. The summed E-state index contributed by atoms with van der Waals surface area (Å²) in [7, 11) is 0. The monoisotopic (exact) mass is 522 g/mol. The zero-order chi connectivity index (χ0) is 23.4. The van der Waals surface area contributed by atoms with Gasteiger partial charge < -0.3 is 20.0 Å². The number of aliphatic carboxylic acids is 1. The zero-order valence-electron chi connectivity index (χ0n) is 19.0. The molecule has 1 aliphatic rings. The Morgan fingerprint density at radius 3 is 2.08 bits per heavy atom. The number of nitrogens with zero attached hydrogens (tertiary/aromatic N) is 3. The van der Waals surface area contributed by atoms with Gasteiger partial charge in [-0.2, -0.15) is 10.1 Å². The first-order valence-electron chi connectivity index (χ1n) is 9.73. The standard InChI is InChI=1S/C23H18N4O6.2CH4.2Na/c28-21-17(19(14-33-32)24-26(21)15-8-3-1-4-9-15)12-7-13-18-20(23(30)31)25-27(22(18)29)16-10-5-2-6-11-16;;;;/h1-13,24,32H,14H2,(H,30,31);2*1H4;;/q;;;2*+1/p-2/b12-7+,18-13+;;;;. The number of hydrogen-bond acceptors (Lipinski definition) is 7. The predicted molar refractivity (Wildman–Crippen MR) is 128 cm³/mol. The number of allylic oxidation sites excluding steroid dienone is 2. The number of benzene rings is 2. The molecule has 0 unspecified atom stereocenters. The topological polar surface area (TPSA) is 143 Å². The molecule has 4 rings (SSSR count). The van der Waals surface area contributed by atoms with Crippen LogP contribution in [0, 0.1) is 0 Å². The third-order valence-electron chi connectivity index (χ3n) is 4.82. The average molecular weight is 522 g/mol. The number of aromatic nitrogens is 2. The van der Waals surface area contributed by atoms with E-state index in [1.54, 1.807) is 60.7 Å². The molecule has 12 heteroatoms. The first kappa shape index (κ1) is 34.5. The van der Waals surface area contributed by atoms with Crippen LogP contribution in [0.3, 0.4) is 0 Å². The van der Waals surface area contributed by atoms with Crippen LogP contribution in [-0.4, -0.2) is 27.4 Å². The SMILES string of the molecule is C.C.O=C([O-])C1=NN(c2ccccc2)C(=O)/C1=C/C=C/c1c(CO[O-])[nH]n(-c2ccccc2)c1=O.[Na+].[Na+]. The second kappa shape index (κ2) is 15.7. The Morgan fingerprint density at radius 2 is 1.54 bits per heavy atom. The van der Waals surface area contributed by atoms with Crippen molar-refractivity contribution < 1.29 is 84.0 Å². The summed E-state index contributed by atoms with van der Waals surface area (Å²) in [4.78, 5) is 41.1. The quantitative estimate of drug-likeness (QED) is 0.143. The molecule has 37 heavy (non-hydrogen) atoms. The van der Waals surface area contributed by atoms with Crippen LogP contribution in [0.25, 0.3) is 11.8 Å². The Morgan fingerprint density at radius 1 is 0.973 bits per heavy atom. The molecule has 2 aromatic carbocycles. The average Bonchev–Trinajstić information content (AvgIpc) is 3.32. The molecule has 1 N–H and O–H groups in total. The van der Waals surface area contributed by atoms with Crippen molar-refractivity contribution in [3.05, 3.63) is 100.0 Å². The van der Waals surface area contributed by atoms with E-state index >= 15 is 0 Å². The molecule has 3 aromatic rings. The summed E-state index contributed by atoms with van der Waals surface area (Å²) in [5.74, 6) is -2.28. The Labute approximate surface area is 258 Å². The van der Waals surface area contributed by atoms with Crippen LogP contribution in [-0.2, 0) is 21.1 Å². The fraction of sp³-hybridized carbons (Fsp3) is 0.120. The predicted octanol–water partition coefficient (Wildman–Crippen LogP) is -4.67. The van der Waals surface area contributed by atoms with Gasteiger partial charge in [-0.3, -0.25) is 14.7 Å². The molecule has 2 heterocycles. The number of carbonyl (C=O) groups excluding carboxylic acids is 2. The number of aromatic amines is 1. The number of carboxylic acids is 1. The molecule has 0 saturated carbocycles. The molecular weight excluding hydrogens is 498 g/mol. The molecule has 0 saturated heterocycles. The minimum atomic E-state index is -1.62. The molecule has 1 aliphatic heterocycles. The number of carbonyl (C=O) groups is 2. The van der Waals surface area contributed by atoms with Crippen LogP contribution in [0.2, 0.25) is 0 Å². The molecule has 0 aliphatic carbocycles. The van der Waals surface area contributed by atoms with E-state index < -0.39 is 29.8 Å². The van der Waals surface area contributed by atoms with E-state index in [4.69, 9.17) is 0 Å². The summed E-state index contributed by atoms with van der Waals surface area (Å²) in [6.07, 6.45) is 3.90. The Hall–Kier alpha value is -2.54. The maximum Gasteiger partial charge on any atom is 1.00 e. The number of amides is 1. The molecule has 1 aromatic heterocycles. The van der Waals surface area contributed by atoms with E-state index in [-0.39, 0.29) is 90.8 Å². The van der Waals surface area contributed by atoms with Crippen LogP contribution in [0.15, 0.2) is 88.3 Å². The van der Waals surface area contributed by atoms with Gasteiger partial charge in [-0.05, 0) is 36.4 Å². The van der Waals surface area contributed by atoms with Crippen LogP contribution >= 0.6 is 0 Å². The molecular formula is C25H24N4Na2O6.